The average molecular weight is 317 g/mol. The van der Waals surface area contributed by atoms with Gasteiger partial charge in [0.25, 0.3) is 0 Å². The van der Waals surface area contributed by atoms with Crippen LogP contribution in [0.5, 0.6) is 0 Å². The molecule has 2 aromatic carbocycles. The summed E-state index contributed by atoms with van der Waals surface area (Å²) in [5.41, 5.74) is 1.16. The molecular formula is C18H17F2NO2. The molecule has 0 atom stereocenters. The summed E-state index contributed by atoms with van der Waals surface area (Å²) in [5.74, 6) is -0.903. The number of nitrogens with one attached hydrogen (secondary N) is 1. The van der Waals surface area contributed by atoms with Crippen LogP contribution in [0.25, 0.3) is 0 Å². The van der Waals surface area contributed by atoms with Crippen molar-refractivity contribution in [1.82, 2.24) is 5.32 Å². The summed E-state index contributed by atoms with van der Waals surface area (Å²) in [5, 5.41) is 11.9. The van der Waals surface area contributed by atoms with Gasteiger partial charge in [0.1, 0.15) is 11.6 Å². The smallest absolute Gasteiger partial charge is 0.230 e. The molecule has 23 heavy (non-hydrogen) atoms. The molecule has 1 saturated carbocycles. The van der Waals surface area contributed by atoms with Crippen LogP contribution in [0.15, 0.2) is 42.5 Å². The van der Waals surface area contributed by atoms with E-state index in [9.17, 15) is 13.6 Å². The molecule has 0 saturated heterocycles. The van der Waals surface area contributed by atoms with Gasteiger partial charge in [0.2, 0.25) is 5.91 Å². The van der Waals surface area contributed by atoms with Crippen LogP contribution >= 0.6 is 0 Å². The van der Waals surface area contributed by atoms with Gasteiger partial charge < -0.3 is 10.4 Å². The molecule has 0 radical (unpaired) electrons. The molecule has 0 unspecified atom stereocenters. The normalized spacial score (nSPS) is 15.3. The number of aliphatic hydroxyl groups is 1. The van der Waals surface area contributed by atoms with Crippen molar-refractivity contribution in [1.29, 1.82) is 0 Å². The van der Waals surface area contributed by atoms with E-state index in [4.69, 9.17) is 5.11 Å². The van der Waals surface area contributed by atoms with Gasteiger partial charge in [-0.15, -0.1) is 0 Å². The first-order chi connectivity index (χ1) is 11.0. The van der Waals surface area contributed by atoms with Gasteiger partial charge in [0.15, 0.2) is 0 Å². The highest BCUT2D eigenvalue weighted by Gasteiger charge is 2.51. The minimum Gasteiger partial charge on any atom is -0.392 e. The molecule has 1 fully saturated rings. The van der Waals surface area contributed by atoms with Crippen LogP contribution < -0.4 is 5.32 Å². The average Bonchev–Trinajstić information content (AvgIpc) is 3.36. The van der Waals surface area contributed by atoms with Crippen molar-refractivity contribution in [2.45, 2.75) is 31.4 Å². The molecule has 120 valence electrons. The summed E-state index contributed by atoms with van der Waals surface area (Å²) in [6.45, 7) is -0.123. The van der Waals surface area contributed by atoms with Gasteiger partial charge >= 0.3 is 0 Å². The van der Waals surface area contributed by atoms with Crippen LogP contribution in [0.1, 0.15) is 29.5 Å². The van der Waals surface area contributed by atoms with E-state index < -0.39 is 11.2 Å². The molecular weight excluding hydrogens is 300 g/mol. The number of rotatable bonds is 5. The van der Waals surface area contributed by atoms with E-state index in [1.165, 1.54) is 24.3 Å². The van der Waals surface area contributed by atoms with E-state index in [1.54, 1.807) is 18.2 Å². The Morgan fingerprint density at radius 3 is 2.43 bits per heavy atom. The van der Waals surface area contributed by atoms with E-state index in [1.807, 2.05) is 0 Å². The zero-order valence-corrected chi connectivity index (χ0v) is 12.5. The molecule has 2 N–H and O–H groups in total. The zero-order valence-electron chi connectivity index (χ0n) is 12.5. The lowest BCUT2D eigenvalue weighted by atomic mass is 9.95. The van der Waals surface area contributed by atoms with Gasteiger partial charge in [-0.25, -0.2) is 8.78 Å². The second-order valence-corrected chi connectivity index (χ2v) is 5.86. The second kappa shape index (κ2) is 6.08. The molecule has 1 amide bonds. The number of carbonyl (C=O) groups excluding carboxylic acids is 1. The van der Waals surface area contributed by atoms with Crippen LogP contribution in [0.3, 0.4) is 0 Å². The summed E-state index contributed by atoms with van der Waals surface area (Å²) in [7, 11) is 0. The predicted molar refractivity (Wildman–Crippen MR) is 81.5 cm³/mol. The number of benzene rings is 2. The largest absolute Gasteiger partial charge is 0.392 e. The van der Waals surface area contributed by atoms with Gasteiger partial charge in [-0.05, 0) is 48.2 Å². The van der Waals surface area contributed by atoms with E-state index >= 15 is 0 Å². The fourth-order valence-electron chi connectivity index (χ4n) is 2.75. The van der Waals surface area contributed by atoms with E-state index in [0.29, 0.717) is 0 Å². The molecule has 1 aliphatic carbocycles. The number of amides is 1. The number of aliphatic hydroxyl groups excluding tert-OH is 1. The van der Waals surface area contributed by atoms with Crippen molar-refractivity contribution >= 4 is 5.91 Å². The summed E-state index contributed by atoms with van der Waals surface area (Å²) in [4.78, 5) is 12.5. The van der Waals surface area contributed by atoms with Crippen LogP contribution in [0.4, 0.5) is 8.78 Å². The first-order valence-electron chi connectivity index (χ1n) is 7.48. The van der Waals surface area contributed by atoms with Crippen molar-refractivity contribution in [3.8, 4) is 0 Å². The summed E-state index contributed by atoms with van der Waals surface area (Å²) < 4.78 is 26.4. The van der Waals surface area contributed by atoms with Gasteiger partial charge in [-0.2, -0.15) is 0 Å². The van der Waals surface area contributed by atoms with Crippen molar-refractivity contribution in [2.75, 3.05) is 0 Å². The van der Waals surface area contributed by atoms with E-state index in [0.717, 1.165) is 24.0 Å². The maximum absolute atomic E-state index is 13.3. The number of hydrogen-bond donors (Lipinski definition) is 2. The van der Waals surface area contributed by atoms with Crippen molar-refractivity contribution in [2.24, 2.45) is 0 Å². The lowest BCUT2D eigenvalue weighted by molar-refractivity contribution is -0.123. The predicted octanol–water partition coefficient (Wildman–Crippen LogP) is 2.81. The molecule has 1 aliphatic rings. The Balaban J connectivity index is 1.69. The van der Waals surface area contributed by atoms with E-state index in [2.05, 4.69) is 5.32 Å². The quantitative estimate of drug-likeness (QED) is 0.891. The molecule has 3 rings (SSSR count). The van der Waals surface area contributed by atoms with Crippen molar-refractivity contribution < 1.29 is 18.7 Å². The molecule has 0 aliphatic heterocycles. The Hall–Kier alpha value is -2.27. The minimum atomic E-state index is -0.576. The molecule has 0 heterocycles. The van der Waals surface area contributed by atoms with Gasteiger partial charge in [-0.1, -0.05) is 18.2 Å². The molecule has 2 aromatic rings. The number of hydrogen-bond acceptors (Lipinski definition) is 2. The topological polar surface area (TPSA) is 49.3 Å². The SMILES string of the molecule is O=C(NCc1ccc(F)c(CO)c1)C1(c2ccc(F)cc2)CC1. The lowest BCUT2D eigenvalue weighted by Gasteiger charge is -2.16. The van der Waals surface area contributed by atoms with Crippen LogP contribution in [-0.2, 0) is 23.4 Å². The van der Waals surface area contributed by atoms with Gasteiger partial charge in [-0.3, -0.25) is 4.79 Å². The Morgan fingerprint density at radius 1 is 1.13 bits per heavy atom. The first-order valence-corrected chi connectivity index (χ1v) is 7.48. The minimum absolute atomic E-state index is 0.112. The molecule has 5 heteroatoms. The highest BCUT2D eigenvalue weighted by molar-refractivity contribution is 5.91. The van der Waals surface area contributed by atoms with Crippen LogP contribution in [-0.4, -0.2) is 11.0 Å². The zero-order chi connectivity index (χ0) is 16.4. The lowest BCUT2D eigenvalue weighted by Crippen LogP contribution is -2.34. The fraction of sp³-hybridized carbons (Fsp3) is 0.278. The Bertz CT molecular complexity index is 724. The monoisotopic (exact) mass is 317 g/mol. The standard InChI is InChI=1S/C18H17F2NO2/c19-15-4-2-14(3-5-15)18(7-8-18)17(23)21-10-12-1-6-16(20)13(9-12)11-22/h1-6,9,22H,7-8,10-11H2,(H,21,23). The highest BCUT2D eigenvalue weighted by Crippen LogP contribution is 2.48. The third-order valence-electron chi connectivity index (χ3n) is 4.31. The van der Waals surface area contributed by atoms with Crippen molar-refractivity contribution in [3.63, 3.8) is 0 Å². The van der Waals surface area contributed by atoms with Gasteiger partial charge in [0, 0.05) is 12.1 Å². The Morgan fingerprint density at radius 2 is 1.83 bits per heavy atom. The van der Waals surface area contributed by atoms with E-state index in [-0.39, 0.29) is 30.4 Å². The number of halogens is 2. The Labute approximate surface area is 133 Å². The summed E-state index contributed by atoms with van der Waals surface area (Å²) in [6, 6.07) is 10.4. The van der Waals surface area contributed by atoms with Gasteiger partial charge in [0.05, 0.1) is 12.0 Å². The summed E-state index contributed by atoms with van der Waals surface area (Å²) in [6.07, 6.45) is 1.46. The molecule has 3 nitrogen and oxygen atoms in total. The van der Waals surface area contributed by atoms with Crippen molar-refractivity contribution in [3.05, 3.63) is 70.8 Å². The molecule has 0 bridgehead atoms. The van der Waals surface area contributed by atoms with Crippen LogP contribution in [0.2, 0.25) is 0 Å². The summed E-state index contributed by atoms with van der Waals surface area (Å²) >= 11 is 0. The maximum atomic E-state index is 13.3. The molecule has 0 spiro atoms. The fourth-order valence-corrected chi connectivity index (χ4v) is 2.75. The second-order valence-electron chi connectivity index (χ2n) is 5.86. The molecule has 0 aromatic heterocycles. The Kier molecular flexibility index (Phi) is 4.13. The maximum Gasteiger partial charge on any atom is 0.230 e. The van der Waals surface area contributed by atoms with Crippen LogP contribution in [0, 0.1) is 11.6 Å². The number of carbonyl (C=O) groups is 1. The highest BCUT2D eigenvalue weighted by atomic mass is 19.1. The third kappa shape index (κ3) is 3.10. The first kappa shape index (κ1) is 15.6. The third-order valence-corrected chi connectivity index (χ3v) is 4.31.